The third-order valence-corrected chi connectivity index (χ3v) is 2.13. The van der Waals surface area contributed by atoms with Crippen LogP contribution in [-0.2, 0) is 0 Å². The smallest absolute Gasteiger partial charge is 0.254 e. The SMILES string of the molecule is N=c1oc2cc(O)c(O)cc2cc1C(N)=O. The van der Waals surface area contributed by atoms with Gasteiger partial charge in [0.1, 0.15) is 11.1 Å². The van der Waals surface area contributed by atoms with Crippen LogP contribution in [-0.4, -0.2) is 16.1 Å². The molecule has 0 radical (unpaired) electrons. The molecular weight excluding hydrogens is 212 g/mol. The van der Waals surface area contributed by atoms with Gasteiger partial charge in [-0.05, 0) is 12.1 Å². The fraction of sp³-hybridized carbons (Fsp3) is 0. The first kappa shape index (κ1) is 10.0. The van der Waals surface area contributed by atoms with Gasteiger partial charge in [-0.25, -0.2) is 0 Å². The number of aromatic hydroxyl groups is 2. The number of benzene rings is 1. The largest absolute Gasteiger partial charge is 0.504 e. The summed E-state index contributed by atoms with van der Waals surface area (Å²) in [6.45, 7) is 0. The highest BCUT2D eigenvalue weighted by Gasteiger charge is 2.10. The second-order valence-corrected chi connectivity index (χ2v) is 3.23. The second kappa shape index (κ2) is 3.27. The molecular formula is C10H8N2O4. The van der Waals surface area contributed by atoms with Crippen molar-refractivity contribution in [1.29, 1.82) is 5.41 Å². The molecule has 1 aromatic carbocycles. The van der Waals surface area contributed by atoms with Crippen molar-refractivity contribution in [1.82, 2.24) is 0 Å². The first-order valence-electron chi connectivity index (χ1n) is 4.33. The average molecular weight is 220 g/mol. The van der Waals surface area contributed by atoms with Crippen molar-refractivity contribution in [3.63, 3.8) is 0 Å². The van der Waals surface area contributed by atoms with Crippen LogP contribution in [0.15, 0.2) is 22.6 Å². The van der Waals surface area contributed by atoms with E-state index in [1.54, 1.807) is 0 Å². The number of rotatable bonds is 1. The highest BCUT2D eigenvalue weighted by Crippen LogP contribution is 2.29. The third-order valence-electron chi connectivity index (χ3n) is 2.13. The van der Waals surface area contributed by atoms with Gasteiger partial charge in [-0.2, -0.15) is 0 Å². The van der Waals surface area contributed by atoms with E-state index >= 15 is 0 Å². The Morgan fingerprint density at radius 1 is 1.25 bits per heavy atom. The molecule has 1 amide bonds. The molecule has 0 fully saturated rings. The number of phenols is 2. The normalized spacial score (nSPS) is 10.5. The fourth-order valence-electron chi connectivity index (χ4n) is 1.34. The van der Waals surface area contributed by atoms with E-state index in [0.29, 0.717) is 5.39 Å². The van der Waals surface area contributed by atoms with E-state index in [4.69, 9.17) is 15.6 Å². The zero-order valence-electron chi connectivity index (χ0n) is 8.02. The first-order chi connectivity index (χ1) is 7.49. The summed E-state index contributed by atoms with van der Waals surface area (Å²) in [6.07, 6.45) is 0. The van der Waals surface area contributed by atoms with Crippen LogP contribution in [0, 0.1) is 5.41 Å². The topological polar surface area (TPSA) is 121 Å². The number of carbonyl (C=O) groups excluding carboxylic acids is 1. The van der Waals surface area contributed by atoms with E-state index in [0.717, 1.165) is 6.07 Å². The lowest BCUT2D eigenvalue weighted by molar-refractivity contribution is 0.0996. The summed E-state index contributed by atoms with van der Waals surface area (Å²) in [7, 11) is 0. The van der Waals surface area contributed by atoms with Gasteiger partial charge >= 0.3 is 0 Å². The minimum atomic E-state index is -0.789. The van der Waals surface area contributed by atoms with Gasteiger partial charge in [-0.15, -0.1) is 0 Å². The molecule has 0 saturated carbocycles. The van der Waals surface area contributed by atoms with Crippen molar-refractivity contribution >= 4 is 16.9 Å². The Bertz CT molecular complexity index is 645. The molecule has 6 nitrogen and oxygen atoms in total. The number of hydrogen-bond acceptors (Lipinski definition) is 5. The second-order valence-electron chi connectivity index (χ2n) is 3.23. The van der Waals surface area contributed by atoms with Crippen molar-refractivity contribution < 1.29 is 19.4 Å². The summed E-state index contributed by atoms with van der Waals surface area (Å²) in [5.41, 5.74) is 4.76. The van der Waals surface area contributed by atoms with Gasteiger partial charge in [-0.1, -0.05) is 0 Å². The van der Waals surface area contributed by atoms with E-state index in [9.17, 15) is 15.0 Å². The Balaban J connectivity index is 2.85. The van der Waals surface area contributed by atoms with E-state index in [-0.39, 0.29) is 28.2 Å². The van der Waals surface area contributed by atoms with Crippen molar-refractivity contribution in [2.45, 2.75) is 0 Å². The Kier molecular flexibility index (Phi) is 2.05. The molecule has 82 valence electrons. The Labute approximate surface area is 89.1 Å². The van der Waals surface area contributed by atoms with Crippen LogP contribution in [0.25, 0.3) is 11.0 Å². The summed E-state index contributed by atoms with van der Waals surface area (Å²) >= 11 is 0. The summed E-state index contributed by atoms with van der Waals surface area (Å²) < 4.78 is 4.98. The molecule has 1 heterocycles. The molecule has 0 atom stereocenters. The number of phenolic OH excluding ortho intramolecular Hbond substituents is 2. The monoisotopic (exact) mass is 220 g/mol. The summed E-state index contributed by atoms with van der Waals surface area (Å²) in [5.74, 6) is -1.48. The number of fused-ring (bicyclic) bond motifs is 1. The maximum Gasteiger partial charge on any atom is 0.254 e. The molecule has 0 unspecified atom stereocenters. The molecule has 0 aliphatic rings. The molecule has 0 aliphatic heterocycles. The number of hydrogen-bond donors (Lipinski definition) is 4. The Hall–Kier alpha value is -2.50. The maximum absolute atomic E-state index is 10.9. The molecule has 1 aromatic heterocycles. The van der Waals surface area contributed by atoms with Crippen molar-refractivity contribution in [2.24, 2.45) is 5.73 Å². The maximum atomic E-state index is 10.9. The summed E-state index contributed by atoms with van der Waals surface area (Å²) in [5, 5.41) is 26.3. The van der Waals surface area contributed by atoms with Crippen LogP contribution >= 0.6 is 0 Å². The van der Waals surface area contributed by atoms with Crippen LogP contribution in [0.2, 0.25) is 0 Å². The molecule has 6 heteroatoms. The summed E-state index contributed by atoms with van der Waals surface area (Å²) in [4.78, 5) is 10.9. The van der Waals surface area contributed by atoms with E-state index in [1.165, 1.54) is 12.1 Å². The standard InChI is InChI=1S/C10H8N2O4/c11-9(15)5-1-4-2-6(13)7(14)3-8(4)16-10(5)12/h1-3,12-14H,(H2,11,15). The zero-order chi connectivity index (χ0) is 11.9. The Morgan fingerprint density at radius 3 is 2.50 bits per heavy atom. The lowest BCUT2D eigenvalue weighted by atomic mass is 10.1. The highest BCUT2D eigenvalue weighted by atomic mass is 16.3. The highest BCUT2D eigenvalue weighted by molar-refractivity contribution is 5.95. The van der Waals surface area contributed by atoms with Gasteiger partial charge in [0.2, 0.25) is 5.55 Å². The number of primary amides is 1. The number of nitrogens with one attached hydrogen (secondary N) is 1. The molecule has 0 saturated heterocycles. The summed E-state index contributed by atoms with van der Waals surface area (Å²) in [6, 6.07) is 3.70. The third kappa shape index (κ3) is 1.46. The fourth-order valence-corrected chi connectivity index (χ4v) is 1.34. The van der Waals surface area contributed by atoms with Gasteiger partial charge in [-0.3, -0.25) is 10.2 Å². The van der Waals surface area contributed by atoms with E-state index in [2.05, 4.69) is 0 Å². The van der Waals surface area contributed by atoms with Gasteiger partial charge in [0.05, 0.1) is 0 Å². The number of amides is 1. The van der Waals surface area contributed by atoms with Crippen molar-refractivity contribution in [2.75, 3.05) is 0 Å². The Morgan fingerprint density at radius 2 is 1.88 bits per heavy atom. The minimum Gasteiger partial charge on any atom is -0.504 e. The number of carbonyl (C=O) groups is 1. The average Bonchev–Trinajstić information content (AvgIpc) is 2.19. The van der Waals surface area contributed by atoms with Crippen LogP contribution in [0.5, 0.6) is 11.5 Å². The number of nitrogens with two attached hydrogens (primary N) is 1. The molecule has 16 heavy (non-hydrogen) atoms. The van der Waals surface area contributed by atoms with Crippen molar-refractivity contribution in [3.8, 4) is 11.5 Å². The quantitative estimate of drug-likeness (QED) is 0.520. The molecule has 0 aliphatic carbocycles. The molecule has 2 rings (SSSR count). The van der Waals surface area contributed by atoms with E-state index < -0.39 is 5.91 Å². The van der Waals surface area contributed by atoms with Crippen LogP contribution in [0.4, 0.5) is 0 Å². The molecule has 0 bridgehead atoms. The minimum absolute atomic E-state index is 0.0856. The first-order valence-corrected chi connectivity index (χ1v) is 4.33. The molecule has 0 spiro atoms. The van der Waals surface area contributed by atoms with Crippen LogP contribution in [0.1, 0.15) is 10.4 Å². The van der Waals surface area contributed by atoms with Gasteiger partial charge in [0, 0.05) is 11.5 Å². The molecule has 5 N–H and O–H groups in total. The van der Waals surface area contributed by atoms with Crippen LogP contribution < -0.4 is 11.3 Å². The molecule has 2 aromatic rings. The van der Waals surface area contributed by atoms with Crippen molar-refractivity contribution in [3.05, 3.63) is 29.3 Å². The zero-order valence-corrected chi connectivity index (χ0v) is 8.02. The van der Waals surface area contributed by atoms with Crippen LogP contribution in [0.3, 0.4) is 0 Å². The van der Waals surface area contributed by atoms with E-state index in [1.807, 2.05) is 0 Å². The lowest BCUT2D eigenvalue weighted by Crippen LogP contribution is -2.20. The predicted octanol–water partition coefficient (Wildman–Crippen LogP) is 0.422. The predicted molar refractivity (Wildman–Crippen MR) is 53.9 cm³/mol. The van der Waals surface area contributed by atoms with Gasteiger partial charge in [0.15, 0.2) is 11.5 Å². The lowest BCUT2D eigenvalue weighted by Gasteiger charge is -2.02. The van der Waals surface area contributed by atoms with Gasteiger partial charge < -0.3 is 20.4 Å². The van der Waals surface area contributed by atoms with Gasteiger partial charge in [0.25, 0.3) is 5.91 Å².